The van der Waals surface area contributed by atoms with Crippen molar-refractivity contribution in [1.29, 1.82) is 0 Å². The van der Waals surface area contributed by atoms with Gasteiger partial charge in [0.05, 0.1) is 25.5 Å². The van der Waals surface area contributed by atoms with Crippen LogP contribution in [0.25, 0.3) is 0 Å². The van der Waals surface area contributed by atoms with E-state index < -0.39 is 39.0 Å². The van der Waals surface area contributed by atoms with Gasteiger partial charge >= 0.3 is 0 Å². The summed E-state index contributed by atoms with van der Waals surface area (Å²) in [6.45, 7) is 0.712. The molecular weight excluding hydrogens is 530 g/mol. The summed E-state index contributed by atoms with van der Waals surface area (Å²) in [6.07, 6.45) is 6.36. The number of carbonyl (C=O) groups excluding carboxylic acids is 3. The summed E-state index contributed by atoms with van der Waals surface area (Å²) in [5, 5.41) is 4.83. The minimum absolute atomic E-state index is 0.130. The van der Waals surface area contributed by atoms with Gasteiger partial charge in [-0.2, -0.15) is 0 Å². The molecule has 0 unspecified atom stereocenters. The van der Waals surface area contributed by atoms with E-state index in [1.807, 2.05) is 0 Å². The molecule has 3 N–H and O–H groups in total. The number of amides is 2. The zero-order chi connectivity index (χ0) is 27.5. The molecule has 1 heterocycles. The quantitative estimate of drug-likeness (QED) is 0.188. The molecule has 38 heavy (non-hydrogen) atoms. The van der Waals surface area contributed by atoms with Crippen LogP contribution in [0.5, 0.6) is 11.5 Å². The number of carbonyl (C=O) groups is 3. The molecule has 0 spiro atoms. The van der Waals surface area contributed by atoms with E-state index in [-0.39, 0.29) is 37.0 Å². The molecule has 2 fully saturated rings. The van der Waals surface area contributed by atoms with Crippen LogP contribution in [0, 0.1) is 11.8 Å². The van der Waals surface area contributed by atoms with Crippen LogP contribution < -0.4 is 24.8 Å². The lowest BCUT2D eigenvalue weighted by molar-refractivity contribution is -0.128. The molecule has 3 atom stereocenters. The molecule has 2 aliphatic rings. The van der Waals surface area contributed by atoms with Crippen molar-refractivity contribution >= 4 is 39.6 Å². The first kappa shape index (κ1) is 30.2. The Labute approximate surface area is 230 Å². The highest BCUT2D eigenvalue weighted by Gasteiger charge is 2.33. The van der Waals surface area contributed by atoms with Crippen molar-refractivity contribution in [1.82, 2.24) is 15.4 Å². The lowest BCUT2D eigenvalue weighted by atomic mass is 9.85. The fourth-order valence-electron chi connectivity index (χ4n) is 5.00. The lowest BCUT2D eigenvalue weighted by Crippen LogP contribution is -2.52. The number of benzene rings is 1. The summed E-state index contributed by atoms with van der Waals surface area (Å²) in [6, 6.07) is 5.00. The van der Waals surface area contributed by atoms with Crippen LogP contribution in [0.1, 0.15) is 57.8 Å². The Hall–Kier alpha value is -2.31. The maximum absolute atomic E-state index is 13.3. The third-order valence-electron chi connectivity index (χ3n) is 7.12. The molecule has 1 aromatic carbocycles. The molecule has 2 amide bonds. The highest BCUT2D eigenvalue weighted by Crippen LogP contribution is 2.28. The minimum Gasteiger partial charge on any atom is -0.497 e. The van der Waals surface area contributed by atoms with Gasteiger partial charge < -0.3 is 20.1 Å². The van der Waals surface area contributed by atoms with Gasteiger partial charge in [0.1, 0.15) is 17.5 Å². The molecular formula is C26H39N3O7S2. The first-order valence-electron chi connectivity index (χ1n) is 13.2. The predicted octanol–water partition coefficient (Wildman–Crippen LogP) is 2.19. The Bertz CT molecular complexity index is 1040. The number of ether oxygens (including phenoxy) is 2. The second kappa shape index (κ2) is 14.7. The van der Waals surface area contributed by atoms with Crippen LogP contribution in [0.4, 0.5) is 0 Å². The number of sulfonamides is 1. The van der Waals surface area contributed by atoms with Gasteiger partial charge in [-0.3, -0.25) is 14.4 Å². The Morgan fingerprint density at radius 3 is 2.34 bits per heavy atom. The van der Waals surface area contributed by atoms with E-state index in [1.165, 1.54) is 0 Å². The second-order valence-electron chi connectivity index (χ2n) is 10.0. The normalized spacial score (nSPS) is 19.8. The van der Waals surface area contributed by atoms with Gasteiger partial charge in [0, 0.05) is 12.5 Å². The maximum atomic E-state index is 13.3. The van der Waals surface area contributed by atoms with Gasteiger partial charge in [-0.25, -0.2) is 13.1 Å². The SMILES string of the molecule is COc1ccc(OCCCS(=O)(=O)N[C@@H](CC2CCCCC2)C(=O)N[C@@H](C[C@@H]2CCNC2=O)C(=O)S)cc1. The third kappa shape index (κ3) is 9.77. The molecule has 12 heteroatoms. The molecule has 1 saturated carbocycles. The largest absolute Gasteiger partial charge is 0.497 e. The van der Waals surface area contributed by atoms with Crippen molar-refractivity contribution in [2.24, 2.45) is 11.8 Å². The number of thiol groups is 1. The van der Waals surface area contributed by atoms with Gasteiger partial charge in [0.2, 0.25) is 27.0 Å². The summed E-state index contributed by atoms with van der Waals surface area (Å²) < 4.78 is 39.2. The molecule has 1 aliphatic carbocycles. The third-order valence-corrected chi connectivity index (χ3v) is 8.90. The average Bonchev–Trinajstić information content (AvgIpc) is 3.30. The topological polar surface area (TPSA) is 140 Å². The second-order valence-corrected chi connectivity index (χ2v) is 12.3. The molecule has 3 rings (SSSR count). The van der Waals surface area contributed by atoms with Crippen molar-refractivity contribution < 1.29 is 32.3 Å². The van der Waals surface area contributed by atoms with Gasteiger partial charge in [0.15, 0.2) is 0 Å². The summed E-state index contributed by atoms with van der Waals surface area (Å²) in [4.78, 5) is 37.4. The van der Waals surface area contributed by atoms with Crippen LogP contribution >= 0.6 is 12.6 Å². The maximum Gasteiger partial charge on any atom is 0.238 e. The predicted molar refractivity (Wildman–Crippen MR) is 147 cm³/mol. The number of methoxy groups -OCH3 is 1. The van der Waals surface area contributed by atoms with E-state index in [1.54, 1.807) is 31.4 Å². The van der Waals surface area contributed by atoms with Crippen LogP contribution in [0.2, 0.25) is 0 Å². The van der Waals surface area contributed by atoms with E-state index in [9.17, 15) is 22.8 Å². The summed E-state index contributed by atoms with van der Waals surface area (Å²) in [5.74, 6) is 0.176. The standard InChI is InChI=1S/C26H39N3O7S2/c1-35-20-8-10-21(11-9-20)36-14-5-15-38(33,34)29-22(16-18-6-3-2-4-7-18)25(31)28-23(26(32)37)17-19-12-13-27-24(19)30/h8-11,18-19,22-23,29H,2-7,12-17H2,1H3,(H,27,30)(H,28,31)(H,32,37)/t19-,22-,23-/m0/s1. The number of hydrogen-bond donors (Lipinski definition) is 4. The van der Waals surface area contributed by atoms with E-state index in [0.717, 1.165) is 32.1 Å². The smallest absolute Gasteiger partial charge is 0.238 e. The van der Waals surface area contributed by atoms with E-state index in [2.05, 4.69) is 28.0 Å². The Morgan fingerprint density at radius 2 is 1.74 bits per heavy atom. The summed E-state index contributed by atoms with van der Waals surface area (Å²) >= 11 is 3.91. The molecule has 212 valence electrons. The fourth-order valence-corrected chi connectivity index (χ4v) is 6.42. The van der Waals surface area contributed by atoms with Gasteiger partial charge in [0.25, 0.3) is 0 Å². The van der Waals surface area contributed by atoms with Gasteiger partial charge in [-0.05, 0) is 55.9 Å². The van der Waals surface area contributed by atoms with Crippen LogP contribution in [-0.2, 0) is 24.4 Å². The van der Waals surface area contributed by atoms with Crippen molar-refractivity contribution in [3.63, 3.8) is 0 Å². The Balaban J connectivity index is 1.59. The van der Waals surface area contributed by atoms with Crippen molar-refractivity contribution in [2.45, 2.75) is 69.9 Å². The molecule has 1 aromatic rings. The molecule has 10 nitrogen and oxygen atoms in total. The average molecular weight is 570 g/mol. The zero-order valence-corrected chi connectivity index (χ0v) is 23.5. The summed E-state index contributed by atoms with van der Waals surface area (Å²) in [7, 11) is -2.24. The van der Waals surface area contributed by atoms with Crippen LogP contribution in [0.15, 0.2) is 24.3 Å². The highest BCUT2D eigenvalue weighted by molar-refractivity contribution is 7.96. The van der Waals surface area contributed by atoms with Crippen LogP contribution in [-0.4, -0.2) is 63.4 Å². The zero-order valence-electron chi connectivity index (χ0n) is 21.8. The van der Waals surface area contributed by atoms with Crippen molar-refractivity contribution in [2.75, 3.05) is 26.0 Å². The van der Waals surface area contributed by atoms with Crippen molar-refractivity contribution in [3.8, 4) is 11.5 Å². The molecule has 0 bridgehead atoms. The van der Waals surface area contributed by atoms with E-state index >= 15 is 0 Å². The fraction of sp³-hybridized carbons (Fsp3) is 0.654. The minimum atomic E-state index is -3.81. The van der Waals surface area contributed by atoms with Gasteiger partial charge in [-0.15, -0.1) is 12.6 Å². The number of nitrogens with one attached hydrogen (secondary N) is 3. The molecule has 1 aliphatic heterocycles. The number of rotatable bonds is 15. The van der Waals surface area contributed by atoms with Gasteiger partial charge in [-0.1, -0.05) is 32.1 Å². The van der Waals surface area contributed by atoms with E-state index in [4.69, 9.17) is 9.47 Å². The monoisotopic (exact) mass is 569 g/mol. The number of hydrogen-bond acceptors (Lipinski definition) is 7. The first-order valence-corrected chi connectivity index (χ1v) is 15.3. The molecule has 1 saturated heterocycles. The highest BCUT2D eigenvalue weighted by atomic mass is 32.2. The lowest BCUT2D eigenvalue weighted by Gasteiger charge is -2.28. The van der Waals surface area contributed by atoms with Crippen LogP contribution in [0.3, 0.4) is 0 Å². The Kier molecular flexibility index (Phi) is 11.7. The molecule has 0 radical (unpaired) electrons. The summed E-state index contributed by atoms with van der Waals surface area (Å²) in [5.41, 5.74) is 0. The Morgan fingerprint density at radius 1 is 1.05 bits per heavy atom. The van der Waals surface area contributed by atoms with E-state index in [0.29, 0.717) is 30.9 Å². The van der Waals surface area contributed by atoms with Crippen molar-refractivity contribution in [3.05, 3.63) is 24.3 Å². The first-order chi connectivity index (χ1) is 18.2. The molecule has 0 aromatic heterocycles.